The molecule has 0 bridgehead atoms. The smallest absolute Gasteiger partial charge is 0.351 e. The molecule has 0 spiro atoms. The molecule has 2 aromatic carbocycles. The van der Waals surface area contributed by atoms with Gasteiger partial charge in [-0.25, -0.2) is 9.59 Å². The number of aromatic carboxylic acids is 1. The van der Waals surface area contributed by atoms with Gasteiger partial charge in [0, 0.05) is 16.5 Å². The Kier molecular flexibility index (Phi) is 4.94. The summed E-state index contributed by atoms with van der Waals surface area (Å²) in [6.45, 7) is 7.44. The van der Waals surface area contributed by atoms with Crippen LogP contribution in [0.2, 0.25) is 0 Å². The lowest BCUT2D eigenvalue weighted by Crippen LogP contribution is -2.13. The van der Waals surface area contributed by atoms with Crippen molar-refractivity contribution >= 4 is 16.9 Å². The molecular formula is C22H18O5. The normalized spacial score (nSPS) is 10.7. The maximum atomic E-state index is 12.1. The third-order valence-electron chi connectivity index (χ3n) is 4.23. The number of carboxylic acid groups (broad SMARTS) is 1. The average molecular weight is 362 g/mol. The first-order valence-electron chi connectivity index (χ1n) is 8.32. The van der Waals surface area contributed by atoms with E-state index in [1.165, 1.54) is 6.07 Å². The minimum absolute atomic E-state index is 0.0322. The number of phenols is 1. The van der Waals surface area contributed by atoms with Crippen LogP contribution in [0, 0.1) is 0 Å². The molecule has 136 valence electrons. The first-order valence-corrected chi connectivity index (χ1v) is 8.32. The van der Waals surface area contributed by atoms with E-state index < -0.39 is 17.2 Å². The molecule has 3 aromatic rings. The topological polar surface area (TPSA) is 87.7 Å². The molecule has 0 fully saturated rings. The fourth-order valence-electron chi connectivity index (χ4n) is 3.02. The molecule has 3 rings (SSSR count). The largest absolute Gasteiger partial charge is 0.507 e. The number of rotatable bonds is 6. The monoisotopic (exact) mass is 362 g/mol. The standard InChI is InChI=1S/C22H18O5/c1-3-5-13-7-8-19(23)16(10-13)17-11-14(6-4-2)9-15-12-18(21(24)25)22(26)27-20(15)17/h3-4,7-12,23H,1-2,5-6H2,(H,24,25). The van der Waals surface area contributed by atoms with Crippen LogP contribution in [0.15, 0.2) is 70.9 Å². The van der Waals surface area contributed by atoms with Gasteiger partial charge in [-0.2, -0.15) is 0 Å². The van der Waals surface area contributed by atoms with Gasteiger partial charge < -0.3 is 14.6 Å². The number of allylic oxidation sites excluding steroid dienone is 2. The molecule has 0 saturated heterocycles. The van der Waals surface area contributed by atoms with E-state index in [1.54, 1.807) is 42.5 Å². The van der Waals surface area contributed by atoms with Crippen LogP contribution in [0.5, 0.6) is 5.75 Å². The fraction of sp³-hybridized carbons (Fsp3) is 0.0909. The van der Waals surface area contributed by atoms with Gasteiger partial charge in [-0.05, 0) is 54.3 Å². The second-order valence-corrected chi connectivity index (χ2v) is 6.15. The van der Waals surface area contributed by atoms with Gasteiger partial charge in [0.2, 0.25) is 0 Å². The van der Waals surface area contributed by atoms with Gasteiger partial charge >= 0.3 is 11.6 Å². The summed E-state index contributed by atoms with van der Waals surface area (Å²) in [5.41, 5.74) is 1.65. The molecule has 2 N–H and O–H groups in total. The average Bonchev–Trinajstić information content (AvgIpc) is 2.63. The molecule has 0 saturated carbocycles. The van der Waals surface area contributed by atoms with Gasteiger partial charge in [0.25, 0.3) is 0 Å². The first-order chi connectivity index (χ1) is 12.9. The highest BCUT2D eigenvalue weighted by Gasteiger charge is 2.17. The molecule has 0 unspecified atom stereocenters. The number of hydrogen-bond acceptors (Lipinski definition) is 4. The molecule has 0 aliphatic carbocycles. The van der Waals surface area contributed by atoms with Crippen molar-refractivity contribution in [3.8, 4) is 16.9 Å². The number of aromatic hydroxyl groups is 1. The summed E-state index contributed by atoms with van der Waals surface area (Å²) in [6.07, 6.45) is 4.63. The molecule has 0 atom stereocenters. The van der Waals surface area contributed by atoms with E-state index in [0.29, 0.717) is 29.4 Å². The van der Waals surface area contributed by atoms with Crippen LogP contribution in [0.3, 0.4) is 0 Å². The number of carbonyl (C=O) groups is 1. The molecule has 1 aromatic heterocycles. The van der Waals surface area contributed by atoms with E-state index in [-0.39, 0.29) is 11.3 Å². The van der Waals surface area contributed by atoms with E-state index in [0.717, 1.165) is 11.1 Å². The van der Waals surface area contributed by atoms with Gasteiger partial charge in [-0.1, -0.05) is 18.2 Å². The quantitative estimate of drug-likeness (QED) is 0.504. The van der Waals surface area contributed by atoms with Crippen molar-refractivity contribution in [1.29, 1.82) is 0 Å². The minimum atomic E-state index is -1.35. The highest BCUT2D eigenvalue weighted by molar-refractivity contribution is 5.98. The van der Waals surface area contributed by atoms with Crippen LogP contribution < -0.4 is 5.63 Å². The zero-order valence-corrected chi connectivity index (χ0v) is 14.6. The summed E-state index contributed by atoms with van der Waals surface area (Å²) in [5.74, 6) is -1.32. The Labute approximate surface area is 155 Å². The van der Waals surface area contributed by atoms with Gasteiger partial charge in [0.05, 0.1) is 0 Å². The lowest BCUT2D eigenvalue weighted by atomic mass is 9.95. The maximum Gasteiger partial charge on any atom is 0.351 e. The molecule has 5 nitrogen and oxygen atoms in total. The van der Waals surface area contributed by atoms with Gasteiger partial charge in [0.15, 0.2) is 0 Å². The van der Waals surface area contributed by atoms with Crippen molar-refractivity contribution in [1.82, 2.24) is 0 Å². The van der Waals surface area contributed by atoms with Gasteiger partial charge in [-0.15, -0.1) is 13.2 Å². The van der Waals surface area contributed by atoms with E-state index >= 15 is 0 Å². The van der Waals surface area contributed by atoms with E-state index in [9.17, 15) is 19.8 Å². The second-order valence-electron chi connectivity index (χ2n) is 6.15. The van der Waals surface area contributed by atoms with Crippen LogP contribution >= 0.6 is 0 Å². The Balaban J connectivity index is 2.37. The summed E-state index contributed by atoms with van der Waals surface area (Å²) >= 11 is 0. The van der Waals surface area contributed by atoms with Crippen LogP contribution in [-0.4, -0.2) is 16.2 Å². The Morgan fingerprint density at radius 3 is 2.33 bits per heavy atom. The summed E-state index contributed by atoms with van der Waals surface area (Å²) in [6, 6.07) is 10.0. The van der Waals surface area contributed by atoms with Crippen molar-refractivity contribution in [2.24, 2.45) is 0 Å². The van der Waals surface area contributed by atoms with Gasteiger partial charge in [-0.3, -0.25) is 0 Å². The number of phenolic OH excluding ortho intramolecular Hbond substituents is 1. The predicted molar refractivity (Wildman–Crippen MR) is 104 cm³/mol. The summed E-state index contributed by atoms with van der Waals surface area (Å²) in [7, 11) is 0. The molecule has 27 heavy (non-hydrogen) atoms. The van der Waals surface area contributed by atoms with Crippen LogP contribution in [0.4, 0.5) is 0 Å². The molecule has 5 heteroatoms. The summed E-state index contributed by atoms with van der Waals surface area (Å²) in [4.78, 5) is 23.4. The SMILES string of the molecule is C=CCc1ccc(O)c(-c2cc(CC=C)cc3cc(C(=O)O)c(=O)oc23)c1. The third-order valence-corrected chi connectivity index (χ3v) is 4.23. The Morgan fingerprint density at radius 1 is 1.00 bits per heavy atom. The summed E-state index contributed by atoms with van der Waals surface area (Å²) in [5, 5.41) is 20.1. The Hall–Kier alpha value is -3.60. The summed E-state index contributed by atoms with van der Waals surface area (Å²) < 4.78 is 5.33. The molecular weight excluding hydrogens is 344 g/mol. The zero-order chi connectivity index (χ0) is 19.6. The van der Waals surface area contributed by atoms with Crippen LogP contribution in [0.1, 0.15) is 21.5 Å². The number of hydrogen-bond donors (Lipinski definition) is 2. The lowest BCUT2D eigenvalue weighted by molar-refractivity contribution is 0.0692. The van der Waals surface area contributed by atoms with Crippen molar-refractivity contribution < 1.29 is 19.4 Å². The van der Waals surface area contributed by atoms with E-state index in [4.69, 9.17) is 4.42 Å². The first kappa shape index (κ1) is 18.2. The van der Waals surface area contributed by atoms with E-state index in [2.05, 4.69) is 13.2 Å². The van der Waals surface area contributed by atoms with Crippen molar-refractivity contribution in [3.63, 3.8) is 0 Å². The molecule has 0 radical (unpaired) electrons. The van der Waals surface area contributed by atoms with Crippen LogP contribution in [-0.2, 0) is 12.8 Å². The molecule has 0 amide bonds. The van der Waals surface area contributed by atoms with Crippen LogP contribution in [0.25, 0.3) is 22.1 Å². The molecule has 0 aliphatic rings. The second kappa shape index (κ2) is 7.33. The minimum Gasteiger partial charge on any atom is -0.507 e. The number of carboxylic acids is 1. The molecule has 1 heterocycles. The Bertz CT molecular complexity index is 1120. The highest BCUT2D eigenvalue weighted by atomic mass is 16.4. The maximum absolute atomic E-state index is 12.1. The fourth-order valence-corrected chi connectivity index (χ4v) is 3.02. The van der Waals surface area contributed by atoms with Crippen molar-refractivity contribution in [2.45, 2.75) is 12.8 Å². The van der Waals surface area contributed by atoms with Crippen molar-refractivity contribution in [2.75, 3.05) is 0 Å². The highest BCUT2D eigenvalue weighted by Crippen LogP contribution is 2.36. The molecule has 0 aliphatic heterocycles. The van der Waals surface area contributed by atoms with E-state index in [1.807, 2.05) is 0 Å². The number of fused-ring (bicyclic) bond motifs is 1. The lowest BCUT2D eigenvalue weighted by Gasteiger charge is -2.12. The third kappa shape index (κ3) is 3.53. The predicted octanol–water partition coefficient (Wildman–Crippen LogP) is 4.32. The zero-order valence-electron chi connectivity index (χ0n) is 14.6. The Morgan fingerprint density at radius 2 is 1.67 bits per heavy atom. The van der Waals surface area contributed by atoms with Gasteiger partial charge in [0.1, 0.15) is 16.9 Å². The van der Waals surface area contributed by atoms with Crippen molar-refractivity contribution in [3.05, 3.63) is 88.8 Å². The number of benzene rings is 2.